The molecule has 158 valence electrons. The number of nitrogens with zero attached hydrogens (tertiary/aromatic N) is 3. The minimum Gasteiger partial charge on any atom is -0.290 e. The highest BCUT2D eigenvalue weighted by Gasteiger charge is 2.23. The third-order valence-corrected chi connectivity index (χ3v) is 7.82. The number of H-pyrrole nitrogens is 1. The third-order valence-electron chi connectivity index (χ3n) is 4.26. The molecule has 0 saturated heterocycles. The van der Waals surface area contributed by atoms with Gasteiger partial charge < -0.3 is 0 Å². The van der Waals surface area contributed by atoms with Gasteiger partial charge in [0.05, 0.1) is 10.7 Å². The molecule has 4 aromatic rings. The Morgan fingerprint density at radius 3 is 2.39 bits per heavy atom. The first-order valence-electron chi connectivity index (χ1n) is 8.47. The van der Waals surface area contributed by atoms with E-state index in [0.717, 1.165) is 13.9 Å². The fourth-order valence-corrected chi connectivity index (χ4v) is 6.81. The lowest BCUT2D eigenvalue weighted by Crippen LogP contribution is -2.24. The van der Waals surface area contributed by atoms with Crippen molar-refractivity contribution < 1.29 is 4.79 Å². The molecule has 0 aliphatic carbocycles. The van der Waals surface area contributed by atoms with Gasteiger partial charge in [0, 0.05) is 28.5 Å². The molecule has 0 bridgehead atoms. The van der Waals surface area contributed by atoms with Crippen molar-refractivity contribution in [1.29, 1.82) is 0 Å². The summed E-state index contributed by atoms with van der Waals surface area (Å²) in [5, 5.41) is 12.4. The summed E-state index contributed by atoms with van der Waals surface area (Å²) >= 11 is 23.8. The van der Waals surface area contributed by atoms with Crippen LogP contribution in [0.4, 0.5) is 11.4 Å². The Morgan fingerprint density at radius 2 is 1.71 bits per heavy atom. The summed E-state index contributed by atoms with van der Waals surface area (Å²) in [7, 11) is 0. The van der Waals surface area contributed by atoms with E-state index in [2.05, 4.69) is 63.1 Å². The van der Waals surface area contributed by atoms with Crippen molar-refractivity contribution in [2.24, 2.45) is 10.2 Å². The molecule has 31 heavy (non-hydrogen) atoms. The molecule has 1 N–H and O–H groups in total. The second kappa shape index (κ2) is 8.92. The van der Waals surface area contributed by atoms with Gasteiger partial charge in [-0.05, 0) is 69.1 Å². The standard InChI is InChI=1S/C19H9Br3Cl2N4O2S/c1-7-15(25-26-16-11(21)4-8(20)5-12(16)22)18(29)28(27-7)19(30)17-14(24)10-6-9(23)2-3-13(10)31-17/h2-6,27H,1H3. The van der Waals surface area contributed by atoms with Crippen LogP contribution < -0.4 is 5.56 Å². The van der Waals surface area contributed by atoms with Gasteiger partial charge in [-0.2, -0.15) is 4.68 Å². The number of hydrogen-bond acceptors (Lipinski definition) is 5. The molecular weight excluding hydrogens is 659 g/mol. The summed E-state index contributed by atoms with van der Waals surface area (Å²) in [6.45, 7) is 1.64. The molecule has 2 aromatic heterocycles. The fourth-order valence-electron chi connectivity index (χ4n) is 2.81. The molecule has 0 spiro atoms. The number of rotatable bonds is 3. The first-order valence-corrected chi connectivity index (χ1v) is 12.4. The molecule has 0 radical (unpaired) electrons. The topological polar surface area (TPSA) is 79.6 Å². The smallest absolute Gasteiger partial charge is 0.290 e. The zero-order chi connectivity index (χ0) is 22.4. The number of hydrogen-bond donors (Lipinski definition) is 1. The van der Waals surface area contributed by atoms with Crippen LogP contribution in [0.2, 0.25) is 10.0 Å². The number of aromatic nitrogens is 2. The van der Waals surface area contributed by atoms with Crippen molar-refractivity contribution in [3.63, 3.8) is 0 Å². The molecule has 2 aromatic carbocycles. The van der Waals surface area contributed by atoms with Crippen LogP contribution in [0.3, 0.4) is 0 Å². The van der Waals surface area contributed by atoms with Gasteiger partial charge >= 0.3 is 5.56 Å². The zero-order valence-electron chi connectivity index (χ0n) is 15.3. The van der Waals surface area contributed by atoms with Gasteiger partial charge in [0.15, 0.2) is 5.69 Å². The molecule has 0 aliphatic rings. The van der Waals surface area contributed by atoms with Crippen molar-refractivity contribution in [1.82, 2.24) is 9.78 Å². The normalized spacial score (nSPS) is 11.7. The number of azo groups is 1. The van der Waals surface area contributed by atoms with E-state index in [9.17, 15) is 9.59 Å². The van der Waals surface area contributed by atoms with E-state index in [-0.39, 0.29) is 15.6 Å². The van der Waals surface area contributed by atoms with E-state index in [1.165, 1.54) is 11.3 Å². The third kappa shape index (κ3) is 4.34. The Balaban J connectivity index is 1.75. The van der Waals surface area contributed by atoms with Gasteiger partial charge in [0.2, 0.25) is 0 Å². The van der Waals surface area contributed by atoms with Crippen LogP contribution in [0, 0.1) is 6.92 Å². The fraction of sp³-hybridized carbons (Fsp3) is 0.0526. The Bertz CT molecular complexity index is 1440. The number of aromatic amines is 1. The molecule has 12 heteroatoms. The number of carbonyl (C=O) groups is 1. The van der Waals surface area contributed by atoms with E-state index >= 15 is 0 Å². The van der Waals surface area contributed by atoms with Crippen LogP contribution in [0.5, 0.6) is 0 Å². The Hall–Kier alpha value is -1.30. The van der Waals surface area contributed by atoms with Crippen molar-refractivity contribution in [2.75, 3.05) is 0 Å². The van der Waals surface area contributed by atoms with Crippen LogP contribution in [-0.2, 0) is 0 Å². The van der Waals surface area contributed by atoms with Crippen LogP contribution >= 0.6 is 82.3 Å². The maximum Gasteiger partial charge on any atom is 0.302 e. The van der Waals surface area contributed by atoms with Crippen molar-refractivity contribution >= 4 is 110 Å². The van der Waals surface area contributed by atoms with Gasteiger partial charge in [-0.3, -0.25) is 14.7 Å². The minimum atomic E-state index is -0.623. The Labute approximate surface area is 214 Å². The summed E-state index contributed by atoms with van der Waals surface area (Å²) in [4.78, 5) is 26.2. The molecule has 0 saturated carbocycles. The van der Waals surface area contributed by atoms with Crippen LogP contribution in [0.1, 0.15) is 15.4 Å². The quantitative estimate of drug-likeness (QED) is 0.223. The van der Waals surface area contributed by atoms with E-state index in [0.29, 0.717) is 30.7 Å². The van der Waals surface area contributed by atoms with Crippen LogP contribution in [-0.4, -0.2) is 15.7 Å². The second-order valence-corrected chi connectivity index (χ2v) is 10.8. The van der Waals surface area contributed by atoms with Crippen LogP contribution in [0.15, 0.2) is 58.8 Å². The molecule has 0 aliphatic heterocycles. The van der Waals surface area contributed by atoms with Crippen LogP contribution in [0.25, 0.3) is 10.1 Å². The molecular formula is C19H9Br3Cl2N4O2S. The summed E-state index contributed by atoms with van der Waals surface area (Å²) in [5.74, 6) is -0.581. The highest BCUT2D eigenvalue weighted by Crippen LogP contribution is 2.38. The van der Waals surface area contributed by atoms with E-state index in [4.69, 9.17) is 23.2 Å². The number of nitrogens with one attached hydrogen (secondary N) is 1. The molecule has 4 rings (SSSR count). The summed E-state index contributed by atoms with van der Waals surface area (Å²) < 4.78 is 3.88. The molecule has 0 amide bonds. The maximum atomic E-state index is 13.1. The SMILES string of the molecule is Cc1[nH]n(C(=O)c2sc3ccc(Cl)cc3c2Cl)c(=O)c1N=Nc1c(Br)cc(Br)cc1Br. The first-order chi connectivity index (χ1) is 14.7. The second-order valence-electron chi connectivity index (χ2n) is 6.33. The highest BCUT2D eigenvalue weighted by molar-refractivity contribution is 9.11. The summed E-state index contributed by atoms with van der Waals surface area (Å²) in [6.07, 6.45) is 0. The Morgan fingerprint density at radius 1 is 1.06 bits per heavy atom. The Kier molecular flexibility index (Phi) is 6.58. The maximum absolute atomic E-state index is 13.1. The monoisotopic (exact) mass is 664 g/mol. The lowest BCUT2D eigenvalue weighted by Gasteiger charge is -2.01. The number of benzene rings is 2. The number of fused-ring (bicyclic) bond motifs is 1. The molecule has 0 atom stereocenters. The number of aryl methyl sites for hydroxylation is 1. The van der Waals surface area contributed by atoms with E-state index in [1.54, 1.807) is 37.3 Å². The number of carbonyl (C=O) groups excluding carboxylic acids is 1. The first kappa shape index (κ1) is 22.9. The average Bonchev–Trinajstić information content (AvgIpc) is 3.17. The van der Waals surface area contributed by atoms with Crippen molar-refractivity contribution in [2.45, 2.75) is 6.92 Å². The van der Waals surface area contributed by atoms with Gasteiger partial charge in [0.25, 0.3) is 5.91 Å². The van der Waals surface area contributed by atoms with E-state index in [1.807, 2.05) is 0 Å². The zero-order valence-corrected chi connectivity index (χ0v) is 22.4. The van der Waals surface area contributed by atoms with Gasteiger partial charge in [-0.1, -0.05) is 39.1 Å². The largest absolute Gasteiger partial charge is 0.302 e. The predicted octanol–water partition coefficient (Wildman–Crippen LogP) is 8.40. The number of thiophene rings is 1. The van der Waals surface area contributed by atoms with Gasteiger partial charge in [-0.15, -0.1) is 21.6 Å². The van der Waals surface area contributed by atoms with Crippen molar-refractivity contribution in [3.05, 3.63) is 74.7 Å². The summed E-state index contributed by atoms with van der Waals surface area (Å²) in [5.41, 5.74) is 0.301. The minimum absolute atomic E-state index is 0.0235. The van der Waals surface area contributed by atoms with Gasteiger partial charge in [0.1, 0.15) is 10.6 Å². The molecule has 0 fully saturated rings. The number of halogens is 5. The lowest BCUT2D eigenvalue weighted by atomic mass is 10.2. The molecule has 0 unspecified atom stereocenters. The predicted molar refractivity (Wildman–Crippen MR) is 135 cm³/mol. The molecule has 2 heterocycles. The highest BCUT2D eigenvalue weighted by atomic mass is 79.9. The lowest BCUT2D eigenvalue weighted by molar-refractivity contribution is 0.0945. The molecule has 6 nitrogen and oxygen atoms in total. The summed E-state index contributed by atoms with van der Waals surface area (Å²) in [6, 6.07) is 8.79. The van der Waals surface area contributed by atoms with Gasteiger partial charge in [-0.25, -0.2) is 0 Å². The van der Waals surface area contributed by atoms with E-state index < -0.39 is 11.5 Å². The van der Waals surface area contributed by atoms with Crippen molar-refractivity contribution in [3.8, 4) is 0 Å². The average molecular weight is 668 g/mol.